The van der Waals surface area contributed by atoms with Gasteiger partial charge >= 0.3 is 18.3 Å². The summed E-state index contributed by atoms with van der Waals surface area (Å²) in [5.74, 6) is -4.96. The summed E-state index contributed by atoms with van der Waals surface area (Å²) in [6.45, 7) is 2.50. The second-order valence-electron chi connectivity index (χ2n) is 3.60. The average Bonchev–Trinajstić information content (AvgIpc) is 2.57. The first-order chi connectivity index (χ1) is 8.24. The van der Waals surface area contributed by atoms with Crippen LogP contribution in [0.2, 0.25) is 0 Å². The van der Waals surface area contributed by atoms with E-state index >= 15 is 0 Å². The highest BCUT2D eigenvalue weighted by Gasteiger charge is 2.40. The van der Waals surface area contributed by atoms with Gasteiger partial charge in [0.2, 0.25) is 0 Å². The van der Waals surface area contributed by atoms with Crippen LogP contribution in [-0.4, -0.2) is 29.9 Å². The van der Waals surface area contributed by atoms with E-state index in [4.69, 9.17) is 0 Å². The molecule has 0 aromatic carbocycles. The highest BCUT2D eigenvalue weighted by molar-refractivity contribution is 7.13. The molecule has 0 bridgehead atoms. The van der Waals surface area contributed by atoms with Crippen LogP contribution in [0.5, 0.6) is 0 Å². The number of esters is 1. The fraction of sp³-hybridized carbons (Fsp3) is 0.600. The van der Waals surface area contributed by atoms with Crippen molar-refractivity contribution in [3.63, 3.8) is 0 Å². The molecule has 0 radical (unpaired) electrons. The third-order valence-corrected chi connectivity index (χ3v) is 3.13. The van der Waals surface area contributed by atoms with Gasteiger partial charge in [0, 0.05) is 0 Å². The second kappa shape index (κ2) is 5.64. The molecule has 0 amide bonds. The lowest BCUT2D eigenvalue weighted by Gasteiger charge is -2.14. The average molecular weight is 285 g/mol. The maximum absolute atomic E-state index is 12.5. The largest absolute Gasteiger partial charge is 0.461 e. The van der Waals surface area contributed by atoms with Gasteiger partial charge in [-0.1, -0.05) is 0 Å². The van der Waals surface area contributed by atoms with E-state index in [1.165, 1.54) is 0 Å². The minimum atomic E-state index is -4.14. The molecule has 0 unspecified atom stereocenters. The molecular formula is C10H11F4NO2S. The maximum atomic E-state index is 12.5. The molecule has 8 heteroatoms. The van der Waals surface area contributed by atoms with Gasteiger partial charge in [-0.15, -0.1) is 11.3 Å². The van der Waals surface area contributed by atoms with Crippen molar-refractivity contribution in [1.29, 1.82) is 0 Å². The molecule has 1 aromatic heterocycles. The van der Waals surface area contributed by atoms with Gasteiger partial charge in [-0.3, -0.25) is 0 Å². The Kier molecular flexibility index (Phi) is 4.66. The van der Waals surface area contributed by atoms with Crippen LogP contribution in [-0.2, 0) is 4.74 Å². The molecule has 0 spiro atoms. The van der Waals surface area contributed by atoms with Gasteiger partial charge in [-0.05, 0) is 13.8 Å². The van der Waals surface area contributed by atoms with Crippen LogP contribution in [0.4, 0.5) is 17.6 Å². The number of carbonyl (C=O) groups is 1. The fourth-order valence-electron chi connectivity index (χ4n) is 1.18. The van der Waals surface area contributed by atoms with Crippen LogP contribution in [0.3, 0.4) is 0 Å². The van der Waals surface area contributed by atoms with E-state index in [9.17, 15) is 22.4 Å². The van der Waals surface area contributed by atoms with Crippen molar-refractivity contribution in [1.82, 2.24) is 4.98 Å². The Morgan fingerprint density at radius 1 is 1.44 bits per heavy atom. The molecule has 0 fully saturated rings. The van der Waals surface area contributed by atoms with Gasteiger partial charge in [0.15, 0.2) is 0 Å². The molecule has 0 saturated carbocycles. The number of ether oxygens (including phenoxy) is 1. The molecule has 0 aliphatic rings. The van der Waals surface area contributed by atoms with Gasteiger partial charge in [0.05, 0.1) is 23.7 Å². The van der Waals surface area contributed by atoms with E-state index in [2.05, 4.69) is 9.72 Å². The summed E-state index contributed by atoms with van der Waals surface area (Å²) in [6, 6.07) is 0. The molecule has 3 nitrogen and oxygen atoms in total. The number of alkyl halides is 4. The fourth-order valence-corrected chi connectivity index (χ4v) is 1.99. The predicted molar refractivity (Wildman–Crippen MR) is 57.4 cm³/mol. The van der Waals surface area contributed by atoms with Crippen LogP contribution < -0.4 is 0 Å². The van der Waals surface area contributed by atoms with Gasteiger partial charge in [-0.2, -0.15) is 0 Å². The highest BCUT2D eigenvalue weighted by Crippen LogP contribution is 2.27. The van der Waals surface area contributed by atoms with Gasteiger partial charge in [0.1, 0.15) is 4.88 Å². The number of aromatic nitrogens is 1. The third kappa shape index (κ3) is 3.66. The molecule has 102 valence electrons. The number of hydrogen-bond acceptors (Lipinski definition) is 4. The first-order valence-corrected chi connectivity index (χ1v) is 5.83. The number of carbonyl (C=O) groups excluding carboxylic acids is 1. The summed E-state index contributed by atoms with van der Waals surface area (Å²) in [7, 11) is 0. The van der Waals surface area contributed by atoms with Crippen molar-refractivity contribution < 1.29 is 27.1 Å². The number of halogens is 4. The molecule has 1 rings (SSSR count). The van der Waals surface area contributed by atoms with Gasteiger partial charge in [0.25, 0.3) is 0 Å². The molecule has 0 saturated heterocycles. The Balaban J connectivity index is 2.50. The molecule has 0 aliphatic carbocycles. The number of nitrogens with zero attached hydrogens (tertiary/aromatic N) is 1. The highest BCUT2D eigenvalue weighted by atomic mass is 32.1. The van der Waals surface area contributed by atoms with Crippen LogP contribution in [0.15, 0.2) is 0 Å². The zero-order chi connectivity index (χ0) is 13.9. The maximum Gasteiger partial charge on any atom is 0.350 e. The number of aryl methyl sites for hydroxylation is 2. The van der Waals surface area contributed by atoms with E-state index < -0.39 is 31.3 Å². The quantitative estimate of drug-likeness (QED) is 0.616. The molecule has 0 atom stereocenters. The zero-order valence-electron chi connectivity index (χ0n) is 9.68. The van der Waals surface area contributed by atoms with Gasteiger partial charge in [-0.25, -0.2) is 27.3 Å². The molecule has 1 heterocycles. The van der Waals surface area contributed by atoms with E-state index in [1.54, 1.807) is 13.8 Å². The lowest BCUT2D eigenvalue weighted by atomic mass is 10.2. The monoisotopic (exact) mass is 285 g/mol. The van der Waals surface area contributed by atoms with E-state index in [0.717, 1.165) is 11.3 Å². The smallest absolute Gasteiger partial charge is 0.350 e. The summed E-state index contributed by atoms with van der Waals surface area (Å²) in [4.78, 5) is 15.6. The van der Waals surface area contributed by atoms with E-state index in [0.29, 0.717) is 10.7 Å². The molecule has 0 N–H and O–H groups in total. The predicted octanol–water partition coefficient (Wildman–Crippen LogP) is 3.21. The summed E-state index contributed by atoms with van der Waals surface area (Å²) in [5.41, 5.74) is 0.433. The Morgan fingerprint density at radius 2 is 2.06 bits per heavy atom. The molecule has 0 aliphatic heterocycles. The molecule has 1 aromatic rings. The second-order valence-corrected chi connectivity index (χ2v) is 4.80. The minimum absolute atomic E-state index is 0.202. The Labute approximate surface area is 105 Å². The Bertz CT molecular complexity index is 434. The Morgan fingerprint density at radius 3 is 2.50 bits per heavy atom. The Hall–Kier alpha value is -1.18. The summed E-state index contributed by atoms with van der Waals surface area (Å²) >= 11 is 1.07. The van der Waals surface area contributed by atoms with Crippen molar-refractivity contribution in [3.8, 4) is 0 Å². The van der Waals surface area contributed by atoms with Crippen LogP contribution in [0.1, 0.15) is 26.8 Å². The van der Waals surface area contributed by atoms with Crippen LogP contribution in [0, 0.1) is 13.8 Å². The standard InChI is InChI=1S/C10H11F4NO2S/c1-5-7(18-6(2)15-5)8(16)17-4-3-10(13,14)9(11)12/h9H,3-4H2,1-2H3. The third-order valence-electron chi connectivity index (χ3n) is 2.08. The normalized spacial score (nSPS) is 11.9. The lowest BCUT2D eigenvalue weighted by molar-refractivity contribution is -0.138. The SMILES string of the molecule is Cc1nc(C)c(C(=O)OCCC(F)(F)C(F)F)s1. The van der Waals surface area contributed by atoms with Crippen LogP contribution >= 0.6 is 11.3 Å². The number of thiazole rings is 1. The van der Waals surface area contributed by atoms with Crippen molar-refractivity contribution in [2.24, 2.45) is 0 Å². The molecular weight excluding hydrogens is 274 g/mol. The summed E-state index contributed by atoms with van der Waals surface area (Å²) < 4.78 is 53.2. The van der Waals surface area contributed by atoms with Gasteiger partial charge < -0.3 is 4.74 Å². The summed E-state index contributed by atoms with van der Waals surface area (Å²) in [5, 5.41) is 0.636. The zero-order valence-corrected chi connectivity index (χ0v) is 10.5. The first kappa shape index (κ1) is 14.9. The lowest BCUT2D eigenvalue weighted by Crippen LogP contribution is -2.28. The van der Waals surface area contributed by atoms with Crippen molar-refractivity contribution in [2.75, 3.05) is 6.61 Å². The van der Waals surface area contributed by atoms with Crippen molar-refractivity contribution in [3.05, 3.63) is 15.6 Å². The van der Waals surface area contributed by atoms with Crippen molar-refractivity contribution >= 4 is 17.3 Å². The molecule has 18 heavy (non-hydrogen) atoms. The van der Waals surface area contributed by atoms with Crippen molar-refractivity contribution in [2.45, 2.75) is 32.6 Å². The minimum Gasteiger partial charge on any atom is -0.461 e. The number of rotatable bonds is 5. The summed E-state index contributed by atoms with van der Waals surface area (Å²) in [6.07, 6.45) is -4.96. The van der Waals surface area contributed by atoms with E-state index in [1.807, 2.05) is 0 Å². The number of hydrogen-bond donors (Lipinski definition) is 0. The first-order valence-electron chi connectivity index (χ1n) is 5.01. The van der Waals surface area contributed by atoms with Crippen LogP contribution in [0.25, 0.3) is 0 Å². The topological polar surface area (TPSA) is 39.2 Å². The van der Waals surface area contributed by atoms with E-state index in [-0.39, 0.29) is 4.88 Å².